The van der Waals surface area contributed by atoms with Crippen LogP contribution in [0.15, 0.2) is 53.3 Å². The van der Waals surface area contributed by atoms with Crippen LogP contribution >= 0.6 is 11.6 Å². The van der Waals surface area contributed by atoms with Gasteiger partial charge in [-0.25, -0.2) is 0 Å². The maximum absolute atomic E-state index is 12.7. The van der Waals surface area contributed by atoms with Crippen molar-refractivity contribution in [3.8, 4) is 11.3 Å². The summed E-state index contributed by atoms with van der Waals surface area (Å²) in [6.45, 7) is 1.11. The molecule has 2 aromatic heterocycles. The number of carbonyl (C=O) groups is 1. The topological polar surface area (TPSA) is 59.2 Å². The third-order valence-corrected chi connectivity index (χ3v) is 4.41. The van der Waals surface area contributed by atoms with Crippen molar-refractivity contribution in [2.24, 2.45) is 0 Å². The quantitative estimate of drug-likeness (QED) is 0.716. The summed E-state index contributed by atoms with van der Waals surface area (Å²) in [5, 5.41) is 4.83. The number of carbonyl (C=O) groups excluding carboxylic acids is 1. The molecular weight excluding hydrogens is 326 g/mol. The SMILES string of the molecule is O=C(c1ccncc1)N1CCc2noc(-c3ccc(Cl)cc3)c2C1. The maximum atomic E-state index is 12.7. The van der Waals surface area contributed by atoms with Gasteiger partial charge < -0.3 is 9.42 Å². The van der Waals surface area contributed by atoms with Crippen molar-refractivity contribution in [1.82, 2.24) is 15.0 Å². The summed E-state index contributed by atoms with van der Waals surface area (Å²) in [5.41, 5.74) is 3.43. The van der Waals surface area contributed by atoms with E-state index in [1.54, 1.807) is 24.5 Å². The predicted molar refractivity (Wildman–Crippen MR) is 89.6 cm³/mol. The number of nitrogens with zero attached hydrogens (tertiary/aromatic N) is 3. The van der Waals surface area contributed by atoms with Gasteiger partial charge in [-0.3, -0.25) is 9.78 Å². The zero-order chi connectivity index (χ0) is 16.5. The molecule has 0 atom stereocenters. The monoisotopic (exact) mass is 339 g/mol. The molecule has 0 spiro atoms. The fraction of sp³-hybridized carbons (Fsp3) is 0.167. The number of pyridine rings is 1. The molecule has 0 N–H and O–H groups in total. The molecule has 1 aliphatic rings. The van der Waals surface area contributed by atoms with E-state index in [0.717, 1.165) is 16.8 Å². The van der Waals surface area contributed by atoms with Gasteiger partial charge in [0.05, 0.1) is 12.2 Å². The van der Waals surface area contributed by atoms with Gasteiger partial charge in [-0.05, 0) is 36.4 Å². The highest BCUT2D eigenvalue weighted by Gasteiger charge is 2.27. The molecule has 0 radical (unpaired) electrons. The number of hydrogen-bond donors (Lipinski definition) is 0. The van der Waals surface area contributed by atoms with Crippen LogP contribution in [-0.2, 0) is 13.0 Å². The lowest BCUT2D eigenvalue weighted by Gasteiger charge is -2.26. The summed E-state index contributed by atoms with van der Waals surface area (Å²) in [7, 11) is 0. The van der Waals surface area contributed by atoms with Gasteiger partial charge in [-0.2, -0.15) is 0 Å². The molecule has 3 heterocycles. The Morgan fingerprint density at radius 3 is 2.62 bits per heavy atom. The smallest absolute Gasteiger partial charge is 0.254 e. The normalized spacial score (nSPS) is 13.6. The van der Waals surface area contributed by atoms with Crippen LogP contribution in [0.1, 0.15) is 21.6 Å². The van der Waals surface area contributed by atoms with Gasteiger partial charge in [0.15, 0.2) is 5.76 Å². The van der Waals surface area contributed by atoms with E-state index < -0.39 is 0 Å². The van der Waals surface area contributed by atoms with Gasteiger partial charge in [0.25, 0.3) is 5.91 Å². The minimum atomic E-state index is -0.00805. The second kappa shape index (κ2) is 6.09. The Bertz CT molecular complexity index is 875. The van der Waals surface area contributed by atoms with E-state index >= 15 is 0 Å². The van der Waals surface area contributed by atoms with Crippen LogP contribution in [0.5, 0.6) is 0 Å². The van der Waals surface area contributed by atoms with E-state index in [9.17, 15) is 4.79 Å². The number of fused-ring (bicyclic) bond motifs is 1. The number of hydrogen-bond acceptors (Lipinski definition) is 4. The lowest BCUT2D eigenvalue weighted by Crippen LogP contribution is -2.35. The third kappa shape index (κ3) is 2.67. The predicted octanol–water partition coefficient (Wildman–Crippen LogP) is 3.59. The molecule has 0 aliphatic carbocycles. The van der Waals surface area contributed by atoms with Crippen LogP contribution in [-0.4, -0.2) is 27.5 Å². The molecule has 0 saturated heterocycles. The highest BCUT2D eigenvalue weighted by molar-refractivity contribution is 6.30. The number of rotatable bonds is 2. The van der Waals surface area contributed by atoms with Gasteiger partial charge in [0.1, 0.15) is 0 Å². The molecule has 5 nitrogen and oxygen atoms in total. The Morgan fingerprint density at radius 1 is 1.12 bits per heavy atom. The lowest BCUT2D eigenvalue weighted by atomic mass is 10.0. The van der Waals surface area contributed by atoms with Crippen LogP contribution in [0.25, 0.3) is 11.3 Å². The first-order chi connectivity index (χ1) is 11.7. The van der Waals surface area contributed by atoms with Gasteiger partial charge >= 0.3 is 0 Å². The maximum Gasteiger partial charge on any atom is 0.254 e. The second-order valence-corrected chi connectivity index (χ2v) is 6.09. The van der Waals surface area contributed by atoms with Crippen molar-refractivity contribution in [3.63, 3.8) is 0 Å². The first-order valence-corrected chi connectivity index (χ1v) is 8.03. The molecule has 24 heavy (non-hydrogen) atoms. The first-order valence-electron chi connectivity index (χ1n) is 7.65. The van der Waals surface area contributed by atoms with Crippen molar-refractivity contribution in [2.45, 2.75) is 13.0 Å². The van der Waals surface area contributed by atoms with E-state index in [-0.39, 0.29) is 5.91 Å². The third-order valence-electron chi connectivity index (χ3n) is 4.16. The number of aromatic nitrogens is 2. The molecular formula is C18H14ClN3O2. The van der Waals surface area contributed by atoms with Crippen molar-refractivity contribution >= 4 is 17.5 Å². The van der Waals surface area contributed by atoms with Crippen LogP contribution in [0, 0.1) is 0 Å². The van der Waals surface area contributed by atoms with Crippen molar-refractivity contribution in [2.75, 3.05) is 6.54 Å². The highest BCUT2D eigenvalue weighted by Crippen LogP contribution is 2.31. The standard InChI is InChI=1S/C18H14ClN3O2/c19-14-3-1-12(2-4-14)17-15-11-22(10-7-16(15)21-24-17)18(23)13-5-8-20-9-6-13/h1-6,8-9H,7,10-11H2. The summed E-state index contributed by atoms with van der Waals surface area (Å²) in [6.07, 6.45) is 3.94. The Kier molecular flexibility index (Phi) is 3.78. The van der Waals surface area contributed by atoms with Gasteiger partial charge in [0.2, 0.25) is 0 Å². The van der Waals surface area contributed by atoms with Crippen LogP contribution in [0.3, 0.4) is 0 Å². The summed E-state index contributed by atoms with van der Waals surface area (Å²) < 4.78 is 5.54. The molecule has 120 valence electrons. The molecule has 0 unspecified atom stereocenters. The fourth-order valence-corrected chi connectivity index (χ4v) is 3.02. The Hall–Kier alpha value is -2.66. The summed E-state index contributed by atoms with van der Waals surface area (Å²) in [4.78, 5) is 18.4. The van der Waals surface area contributed by atoms with Gasteiger partial charge in [-0.1, -0.05) is 16.8 Å². The van der Waals surface area contributed by atoms with E-state index in [1.807, 2.05) is 29.2 Å². The fourth-order valence-electron chi connectivity index (χ4n) is 2.89. The summed E-state index contributed by atoms with van der Waals surface area (Å²) >= 11 is 5.94. The Balaban J connectivity index is 1.64. The minimum Gasteiger partial charge on any atom is -0.356 e. The molecule has 1 amide bonds. The first kappa shape index (κ1) is 14.9. The Morgan fingerprint density at radius 2 is 1.88 bits per heavy atom. The number of benzene rings is 1. The van der Waals surface area contributed by atoms with Crippen LogP contribution in [0.4, 0.5) is 0 Å². The molecule has 4 rings (SSSR count). The van der Waals surface area contributed by atoms with Crippen molar-refractivity contribution in [3.05, 3.63) is 70.6 Å². The van der Waals surface area contributed by atoms with Gasteiger partial charge in [0, 0.05) is 47.1 Å². The van der Waals surface area contributed by atoms with E-state index in [4.69, 9.17) is 16.1 Å². The largest absolute Gasteiger partial charge is 0.356 e. The van der Waals surface area contributed by atoms with Gasteiger partial charge in [-0.15, -0.1) is 0 Å². The molecule has 6 heteroatoms. The lowest BCUT2D eigenvalue weighted by molar-refractivity contribution is 0.0734. The molecule has 0 saturated carbocycles. The molecule has 0 bridgehead atoms. The molecule has 3 aromatic rings. The average Bonchev–Trinajstić information content (AvgIpc) is 3.05. The molecule has 1 aromatic carbocycles. The molecule has 0 fully saturated rings. The highest BCUT2D eigenvalue weighted by atomic mass is 35.5. The second-order valence-electron chi connectivity index (χ2n) is 5.66. The van der Waals surface area contributed by atoms with Crippen LogP contribution < -0.4 is 0 Å². The zero-order valence-electron chi connectivity index (χ0n) is 12.8. The summed E-state index contributed by atoms with van der Waals surface area (Å²) in [6, 6.07) is 10.9. The van der Waals surface area contributed by atoms with Crippen molar-refractivity contribution < 1.29 is 9.32 Å². The molecule has 1 aliphatic heterocycles. The van der Waals surface area contributed by atoms with Crippen LogP contribution in [0.2, 0.25) is 5.02 Å². The zero-order valence-corrected chi connectivity index (χ0v) is 13.5. The summed E-state index contributed by atoms with van der Waals surface area (Å²) in [5.74, 6) is 0.695. The van der Waals surface area contributed by atoms with E-state index in [0.29, 0.717) is 35.9 Å². The number of amides is 1. The van der Waals surface area contributed by atoms with E-state index in [1.165, 1.54) is 0 Å². The van der Waals surface area contributed by atoms with E-state index in [2.05, 4.69) is 10.1 Å². The average molecular weight is 340 g/mol. The minimum absolute atomic E-state index is 0.00805. The Labute approximate surface area is 143 Å². The van der Waals surface area contributed by atoms with Crippen molar-refractivity contribution in [1.29, 1.82) is 0 Å². The number of halogens is 1.